The maximum absolute atomic E-state index is 12.3. The number of carbonyl (C=O) groups excluding carboxylic acids is 1. The summed E-state index contributed by atoms with van der Waals surface area (Å²) in [4.78, 5) is 12.3. The van der Waals surface area contributed by atoms with Crippen LogP contribution in [0.2, 0.25) is 5.02 Å². The highest BCUT2D eigenvalue weighted by Gasteiger charge is 2.12. The Kier molecular flexibility index (Phi) is 5.27. The SMILES string of the molecule is Cc1cccc(NC(=O)CSc2nnc3ccc(-c4ccc(Cl)cc4)nn23)c1. The number of thioether (sulfide) groups is 1. The molecule has 0 bridgehead atoms. The van der Waals surface area contributed by atoms with Crippen LogP contribution in [0.3, 0.4) is 0 Å². The van der Waals surface area contributed by atoms with Crippen molar-refractivity contribution in [1.29, 1.82) is 0 Å². The van der Waals surface area contributed by atoms with Gasteiger partial charge < -0.3 is 5.32 Å². The summed E-state index contributed by atoms with van der Waals surface area (Å²) < 4.78 is 1.65. The second-order valence-corrected chi connectivity index (χ2v) is 7.56. The molecule has 140 valence electrons. The fourth-order valence-corrected chi connectivity index (χ4v) is 3.50. The van der Waals surface area contributed by atoms with Crippen LogP contribution in [0, 0.1) is 6.92 Å². The number of halogens is 1. The molecule has 6 nitrogen and oxygen atoms in total. The molecule has 0 radical (unpaired) electrons. The van der Waals surface area contributed by atoms with Gasteiger partial charge in [-0.05, 0) is 48.9 Å². The van der Waals surface area contributed by atoms with Crippen LogP contribution in [-0.4, -0.2) is 31.5 Å². The molecule has 0 aliphatic heterocycles. The van der Waals surface area contributed by atoms with E-state index in [1.165, 1.54) is 11.8 Å². The zero-order valence-electron chi connectivity index (χ0n) is 15.0. The summed E-state index contributed by atoms with van der Waals surface area (Å²) in [5.41, 5.74) is 4.20. The molecule has 2 heterocycles. The van der Waals surface area contributed by atoms with Gasteiger partial charge in [0.15, 0.2) is 5.65 Å². The highest BCUT2D eigenvalue weighted by Crippen LogP contribution is 2.22. The largest absolute Gasteiger partial charge is 0.325 e. The Balaban J connectivity index is 1.50. The molecule has 0 spiro atoms. The van der Waals surface area contributed by atoms with Crippen molar-refractivity contribution < 1.29 is 4.79 Å². The van der Waals surface area contributed by atoms with E-state index in [1.54, 1.807) is 4.52 Å². The number of amides is 1. The molecule has 0 fully saturated rings. The molecule has 0 atom stereocenters. The van der Waals surface area contributed by atoms with Crippen molar-refractivity contribution in [1.82, 2.24) is 19.8 Å². The van der Waals surface area contributed by atoms with Crippen molar-refractivity contribution in [3.8, 4) is 11.3 Å². The maximum atomic E-state index is 12.3. The summed E-state index contributed by atoms with van der Waals surface area (Å²) in [7, 11) is 0. The number of nitrogens with one attached hydrogen (secondary N) is 1. The second-order valence-electron chi connectivity index (χ2n) is 6.18. The van der Waals surface area contributed by atoms with Gasteiger partial charge in [0.05, 0.1) is 11.4 Å². The van der Waals surface area contributed by atoms with Crippen LogP contribution in [0.5, 0.6) is 0 Å². The van der Waals surface area contributed by atoms with Gasteiger partial charge in [-0.3, -0.25) is 4.79 Å². The molecule has 2 aromatic carbocycles. The minimum absolute atomic E-state index is 0.110. The number of hydrogen-bond donors (Lipinski definition) is 1. The summed E-state index contributed by atoms with van der Waals surface area (Å²) >= 11 is 7.24. The Hall–Kier alpha value is -2.90. The van der Waals surface area contributed by atoms with E-state index in [2.05, 4.69) is 20.6 Å². The van der Waals surface area contributed by atoms with Gasteiger partial charge in [0.2, 0.25) is 11.1 Å². The number of benzene rings is 2. The minimum Gasteiger partial charge on any atom is -0.325 e. The average Bonchev–Trinajstić information content (AvgIpc) is 3.09. The fourth-order valence-electron chi connectivity index (χ4n) is 2.68. The number of anilines is 1. The molecule has 0 aliphatic rings. The van der Waals surface area contributed by atoms with Gasteiger partial charge in [-0.15, -0.1) is 10.2 Å². The highest BCUT2D eigenvalue weighted by molar-refractivity contribution is 7.99. The standard InChI is InChI=1S/C20H16ClN5OS/c1-13-3-2-4-16(11-13)22-19(27)12-28-20-24-23-18-10-9-17(25-26(18)20)14-5-7-15(21)8-6-14/h2-11H,12H2,1H3,(H,22,27). The van der Waals surface area contributed by atoms with Crippen molar-refractivity contribution >= 4 is 40.6 Å². The number of carbonyl (C=O) groups is 1. The van der Waals surface area contributed by atoms with E-state index in [0.29, 0.717) is 15.8 Å². The van der Waals surface area contributed by atoms with Crippen LogP contribution >= 0.6 is 23.4 Å². The Morgan fingerprint density at radius 1 is 1.11 bits per heavy atom. The zero-order chi connectivity index (χ0) is 19.5. The predicted octanol–water partition coefficient (Wildman–Crippen LogP) is 4.48. The molecule has 0 saturated carbocycles. The first-order valence-corrected chi connectivity index (χ1v) is 9.92. The third-order valence-electron chi connectivity index (χ3n) is 4.01. The molecule has 8 heteroatoms. The normalized spacial score (nSPS) is 10.9. The summed E-state index contributed by atoms with van der Waals surface area (Å²) in [5, 5.41) is 17.0. The predicted molar refractivity (Wildman–Crippen MR) is 112 cm³/mol. The Morgan fingerprint density at radius 2 is 1.93 bits per heavy atom. The molecule has 28 heavy (non-hydrogen) atoms. The van der Waals surface area contributed by atoms with Crippen molar-refractivity contribution in [2.24, 2.45) is 0 Å². The summed E-state index contributed by atoms with van der Waals surface area (Å²) in [6, 6.07) is 18.9. The number of fused-ring (bicyclic) bond motifs is 1. The van der Waals surface area contributed by atoms with Crippen molar-refractivity contribution in [2.75, 3.05) is 11.1 Å². The summed E-state index contributed by atoms with van der Waals surface area (Å²) in [6.45, 7) is 1.98. The molecule has 4 rings (SSSR count). The highest BCUT2D eigenvalue weighted by atomic mass is 35.5. The molecular weight excluding hydrogens is 394 g/mol. The first kappa shape index (κ1) is 18.5. The summed E-state index contributed by atoms with van der Waals surface area (Å²) in [6.07, 6.45) is 0. The van der Waals surface area contributed by atoms with E-state index in [-0.39, 0.29) is 11.7 Å². The Bertz CT molecular complexity index is 1140. The van der Waals surface area contributed by atoms with Crippen LogP contribution in [0.4, 0.5) is 5.69 Å². The van der Waals surface area contributed by atoms with E-state index < -0.39 is 0 Å². The lowest BCUT2D eigenvalue weighted by Gasteiger charge is -2.06. The third kappa shape index (κ3) is 4.16. The quantitative estimate of drug-likeness (QED) is 0.492. The second kappa shape index (κ2) is 8.00. The van der Waals surface area contributed by atoms with Crippen LogP contribution in [0.1, 0.15) is 5.56 Å². The molecule has 0 unspecified atom stereocenters. The minimum atomic E-state index is -0.110. The zero-order valence-corrected chi connectivity index (χ0v) is 16.5. The van der Waals surface area contributed by atoms with E-state index in [9.17, 15) is 4.79 Å². The Labute approximate surface area is 170 Å². The first-order chi connectivity index (χ1) is 13.6. The topological polar surface area (TPSA) is 72.2 Å². The van der Waals surface area contributed by atoms with Gasteiger partial charge >= 0.3 is 0 Å². The molecule has 4 aromatic rings. The fraction of sp³-hybridized carbons (Fsp3) is 0.100. The summed E-state index contributed by atoms with van der Waals surface area (Å²) in [5.74, 6) is 0.0999. The number of aromatic nitrogens is 4. The number of aryl methyl sites for hydroxylation is 1. The smallest absolute Gasteiger partial charge is 0.234 e. The molecule has 0 aliphatic carbocycles. The first-order valence-electron chi connectivity index (χ1n) is 8.56. The number of rotatable bonds is 5. The lowest BCUT2D eigenvalue weighted by atomic mass is 10.1. The van der Waals surface area contributed by atoms with Crippen LogP contribution in [0.25, 0.3) is 16.9 Å². The average molecular weight is 410 g/mol. The lowest BCUT2D eigenvalue weighted by molar-refractivity contribution is -0.113. The van der Waals surface area contributed by atoms with Crippen molar-refractivity contribution in [3.05, 3.63) is 71.2 Å². The van der Waals surface area contributed by atoms with Gasteiger partial charge in [0, 0.05) is 16.3 Å². The van der Waals surface area contributed by atoms with Gasteiger partial charge in [0.25, 0.3) is 0 Å². The number of nitrogens with zero attached hydrogens (tertiary/aromatic N) is 4. The van der Waals surface area contributed by atoms with E-state index in [0.717, 1.165) is 22.5 Å². The molecule has 0 saturated heterocycles. The Morgan fingerprint density at radius 3 is 2.71 bits per heavy atom. The van der Waals surface area contributed by atoms with Crippen LogP contribution in [-0.2, 0) is 4.79 Å². The molecule has 2 aromatic heterocycles. The van der Waals surface area contributed by atoms with E-state index in [4.69, 9.17) is 11.6 Å². The van der Waals surface area contributed by atoms with Gasteiger partial charge in [-0.2, -0.15) is 9.61 Å². The molecule has 1 N–H and O–H groups in total. The van der Waals surface area contributed by atoms with Gasteiger partial charge in [-0.25, -0.2) is 0 Å². The van der Waals surface area contributed by atoms with Crippen LogP contribution in [0.15, 0.2) is 65.8 Å². The third-order valence-corrected chi connectivity index (χ3v) is 5.18. The van der Waals surface area contributed by atoms with Crippen molar-refractivity contribution in [3.63, 3.8) is 0 Å². The molecular formula is C20H16ClN5OS. The maximum Gasteiger partial charge on any atom is 0.234 e. The van der Waals surface area contributed by atoms with E-state index >= 15 is 0 Å². The van der Waals surface area contributed by atoms with Gasteiger partial charge in [0.1, 0.15) is 0 Å². The van der Waals surface area contributed by atoms with Crippen LogP contribution < -0.4 is 5.32 Å². The van der Waals surface area contributed by atoms with Crippen molar-refractivity contribution in [2.45, 2.75) is 12.1 Å². The van der Waals surface area contributed by atoms with Gasteiger partial charge in [-0.1, -0.05) is 47.6 Å². The lowest BCUT2D eigenvalue weighted by Crippen LogP contribution is -2.14. The van der Waals surface area contributed by atoms with E-state index in [1.807, 2.05) is 67.6 Å². The monoisotopic (exact) mass is 409 g/mol. The number of hydrogen-bond acceptors (Lipinski definition) is 5. The molecule has 1 amide bonds.